The number of hydrogen-bond acceptors (Lipinski definition) is 2. The molecule has 4 nitrogen and oxygen atoms in total. The van der Waals surface area contributed by atoms with E-state index >= 15 is 0 Å². The lowest BCUT2D eigenvalue weighted by molar-refractivity contribution is 0.565. The molecule has 0 aromatic heterocycles. The number of nitrogens with zero attached hydrogens (tertiary/aromatic N) is 2. The molecule has 6 heteroatoms. The van der Waals surface area contributed by atoms with Crippen molar-refractivity contribution < 1.29 is 4.39 Å². The zero-order valence-electron chi connectivity index (χ0n) is 15.7. The fraction of sp³-hybridized carbons (Fsp3) is 0.381. The number of guanidine groups is 1. The molecule has 1 fully saturated rings. The second kappa shape index (κ2) is 11.1. The van der Waals surface area contributed by atoms with Gasteiger partial charge in [0.25, 0.3) is 0 Å². The van der Waals surface area contributed by atoms with Crippen molar-refractivity contribution in [1.82, 2.24) is 10.6 Å². The largest absolute Gasteiger partial charge is 0.371 e. The third-order valence-corrected chi connectivity index (χ3v) is 4.78. The van der Waals surface area contributed by atoms with Crippen LogP contribution in [0.1, 0.15) is 12.0 Å². The predicted molar refractivity (Wildman–Crippen MR) is 122 cm³/mol. The molecule has 2 aromatic carbocycles. The fourth-order valence-electron chi connectivity index (χ4n) is 3.35. The van der Waals surface area contributed by atoms with Gasteiger partial charge in [-0.25, -0.2) is 4.39 Å². The summed E-state index contributed by atoms with van der Waals surface area (Å²) in [5, 5.41) is 6.73. The number of aliphatic imine (C=N–C) groups is 1. The van der Waals surface area contributed by atoms with Crippen LogP contribution >= 0.6 is 24.0 Å². The Hall–Kier alpha value is -1.83. The van der Waals surface area contributed by atoms with E-state index in [2.05, 4.69) is 50.9 Å². The van der Waals surface area contributed by atoms with Crippen LogP contribution in [0.5, 0.6) is 0 Å². The fourth-order valence-corrected chi connectivity index (χ4v) is 3.35. The van der Waals surface area contributed by atoms with Crippen LogP contribution in [-0.4, -0.2) is 39.2 Å². The van der Waals surface area contributed by atoms with E-state index in [0.29, 0.717) is 5.92 Å². The quantitative estimate of drug-likeness (QED) is 0.375. The molecule has 1 unspecified atom stereocenters. The zero-order chi connectivity index (χ0) is 18.2. The van der Waals surface area contributed by atoms with Crippen LogP contribution in [0, 0.1) is 11.7 Å². The first-order valence-corrected chi connectivity index (χ1v) is 9.23. The number of anilines is 1. The van der Waals surface area contributed by atoms with Gasteiger partial charge in [0, 0.05) is 38.9 Å². The minimum absolute atomic E-state index is 0. The maximum atomic E-state index is 13.2. The van der Waals surface area contributed by atoms with Gasteiger partial charge >= 0.3 is 0 Å². The van der Waals surface area contributed by atoms with Crippen molar-refractivity contribution in [2.75, 3.05) is 38.1 Å². The molecule has 1 aliphatic rings. The monoisotopic (exact) mass is 482 g/mol. The second-order valence-electron chi connectivity index (χ2n) is 6.70. The first-order chi connectivity index (χ1) is 12.7. The van der Waals surface area contributed by atoms with Crippen LogP contribution in [-0.2, 0) is 6.42 Å². The SMILES string of the molecule is CN=C(NCCc1cccc(F)c1)NCC1CCN(c2ccccc2)C1.I. The Morgan fingerprint density at radius 2 is 1.96 bits per heavy atom. The third-order valence-electron chi connectivity index (χ3n) is 4.78. The molecular formula is C21H28FIN4. The van der Waals surface area contributed by atoms with E-state index in [9.17, 15) is 4.39 Å². The molecule has 1 heterocycles. The van der Waals surface area contributed by atoms with E-state index < -0.39 is 0 Å². The van der Waals surface area contributed by atoms with Gasteiger partial charge in [-0.05, 0) is 48.6 Å². The average molecular weight is 482 g/mol. The van der Waals surface area contributed by atoms with E-state index in [1.165, 1.54) is 18.2 Å². The van der Waals surface area contributed by atoms with E-state index in [1.807, 2.05) is 6.07 Å². The Morgan fingerprint density at radius 1 is 1.15 bits per heavy atom. The second-order valence-corrected chi connectivity index (χ2v) is 6.70. The highest BCUT2D eigenvalue weighted by Crippen LogP contribution is 2.22. The van der Waals surface area contributed by atoms with Gasteiger partial charge < -0.3 is 15.5 Å². The van der Waals surface area contributed by atoms with Gasteiger partial charge in [-0.3, -0.25) is 4.99 Å². The number of para-hydroxylation sites is 1. The zero-order valence-corrected chi connectivity index (χ0v) is 18.0. The van der Waals surface area contributed by atoms with Gasteiger partial charge in [0.2, 0.25) is 0 Å². The lowest BCUT2D eigenvalue weighted by Gasteiger charge is -2.19. The van der Waals surface area contributed by atoms with Crippen LogP contribution in [0.4, 0.5) is 10.1 Å². The van der Waals surface area contributed by atoms with Crippen LogP contribution in [0.15, 0.2) is 59.6 Å². The lowest BCUT2D eigenvalue weighted by Crippen LogP contribution is -2.41. The van der Waals surface area contributed by atoms with E-state index in [0.717, 1.165) is 44.1 Å². The molecule has 27 heavy (non-hydrogen) atoms. The molecule has 2 aromatic rings. The molecule has 1 atom stereocenters. The van der Waals surface area contributed by atoms with Crippen LogP contribution < -0.4 is 15.5 Å². The summed E-state index contributed by atoms with van der Waals surface area (Å²) >= 11 is 0. The van der Waals surface area contributed by atoms with Gasteiger partial charge in [0.05, 0.1) is 0 Å². The Bertz CT molecular complexity index is 723. The molecule has 0 saturated carbocycles. The van der Waals surface area contributed by atoms with Crippen molar-refractivity contribution in [3.05, 3.63) is 66.0 Å². The normalized spacial score (nSPS) is 16.7. The van der Waals surface area contributed by atoms with Crippen molar-refractivity contribution in [3.63, 3.8) is 0 Å². The van der Waals surface area contributed by atoms with Crippen LogP contribution in [0.25, 0.3) is 0 Å². The Balaban J connectivity index is 0.00000261. The third kappa shape index (κ3) is 6.68. The maximum absolute atomic E-state index is 13.2. The van der Waals surface area contributed by atoms with Gasteiger partial charge in [-0.15, -0.1) is 24.0 Å². The lowest BCUT2D eigenvalue weighted by atomic mass is 10.1. The summed E-state index contributed by atoms with van der Waals surface area (Å²) in [5.74, 6) is 1.23. The smallest absolute Gasteiger partial charge is 0.190 e. The number of nitrogens with one attached hydrogen (secondary N) is 2. The Labute approximate surface area is 178 Å². The summed E-state index contributed by atoms with van der Waals surface area (Å²) in [6.45, 7) is 3.80. The Kier molecular flexibility index (Phi) is 8.84. The minimum Gasteiger partial charge on any atom is -0.371 e. The van der Waals surface area contributed by atoms with E-state index in [-0.39, 0.29) is 29.8 Å². The van der Waals surface area contributed by atoms with Gasteiger partial charge in [-0.1, -0.05) is 30.3 Å². The summed E-state index contributed by atoms with van der Waals surface area (Å²) in [6, 6.07) is 17.3. The van der Waals surface area contributed by atoms with Gasteiger partial charge in [-0.2, -0.15) is 0 Å². The van der Waals surface area contributed by atoms with Crippen molar-refractivity contribution in [2.24, 2.45) is 10.9 Å². The molecular weight excluding hydrogens is 454 g/mol. The van der Waals surface area contributed by atoms with Crippen molar-refractivity contribution in [2.45, 2.75) is 12.8 Å². The van der Waals surface area contributed by atoms with E-state index in [1.54, 1.807) is 19.2 Å². The topological polar surface area (TPSA) is 39.7 Å². The summed E-state index contributed by atoms with van der Waals surface area (Å²) < 4.78 is 13.2. The van der Waals surface area contributed by atoms with Gasteiger partial charge in [0.1, 0.15) is 5.82 Å². The highest BCUT2D eigenvalue weighted by molar-refractivity contribution is 14.0. The van der Waals surface area contributed by atoms with E-state index in [4.69, 9.17) is 0 Å². The number of benzene rings is 2. The summed E-state index contributed by atoms with van der Waals surface area (Å²) in [5.41, 5.74) is 2.29. The molecule has 0 aliphatic carbocycles. The summed E-state index contributed by atoms with van der Waals surface area (Å²) in [6.07, 6.45) is 1.95. The average Bonchev–Trinajstić information content (AvgIpc) is 3.14. The van der Waals surface area contributed by atoms with Gasteiger partial charge in [0.15, 0.2) is 5.96 Å². The number of halogens is 2. The first-order valence-electron chi connectivity index (χ1n) is 9.23. The van der Waals surface area contributed by atoms with Crippen molar-refractivity contribution in [3.8, 4) is 0 Å². The molecule has 0 spiro atoms. The van der Waals surface area contributed by atoms with Crippen molar-refractivity contribution >= 4 is 35.6 Å². The first kappa shape index (κ1) is 21.5. The number of hydrogen-bond donors (Lipinski definition) is 2. The standard InChI is InChI=1S/C21H27FN4.HI/c1-23-21(24-12-10-17-6-5-7-19(22)14-17)25-15-18-11-13-26(16-18)20-8-3-2-4-9-20;/h2-9,14,18H,10-13,15-16H2,1H3,(H2,23,24,25);1H. The predicted octanol–water partition coefficient (Wildman–Crippen LogP) is 3.68. The highest BCUT2D eigenvalue weighted by atomic mass is 127. The van der Waals surface area contributed by atoms with Crippen molar-refractivity contribution in [1.29, 1.82) is 0 Å². The molecule has 2 N–H and O–H groups in total. The molecule has 146 valence electrons. The molecule has 0 bridgehead atoms. The molecule has 3 rings (SSSR count). The molecule has 0 radical (unpaired) electrons. The van der Waals surface area contributed by atoms with Crippen LogP contribution in [0.2, 0.25) is 0 Å². The molecule has 1 aliphatic heterocycles. The Morgan fingerprint density at radius 3 is 2.70 bits per heavy atom. The molecule has 1 saturated heterocycles. The minimum atomic E-state index is -0.186. The maximum Gasteiger partial charge on any atom is 0.190 e. The summed E-state index contributed by atoms with van der Waals surface area (Å²) in [4.78, 5) is 6.72. The summed E-state index contributed by atoms with van der Waals surface area (Å²) in [7, 11) is 1.78. The highest BCUT2D eigenvalue weighted by Gasteiger charge is 2.22. The molecule has 0 amide bonds. The number of rotatable bonds is 6. The van der Waals surface area contributed by atoms with Crippen LogP contribution in [0.3, 0.4) is 0 Å².